The maximum absolute atomic E-state index is 13.4. The number of halogens is 3. The molecule has 2 aromatic rings. The molecule has 0 amide bonds. The number of benzene rings is 2. The molecule has 0 radical (unpaired) electrons. The first kappa shape index (κ1) is 16.3. The van der Waals surface area contributed by atoms with E-state index in [1.165, 1.54) is 12.1 Å². The van der Waals surface area contributed by atoms with Gasteiger partial charge in [0, 0.05) is 15.5 Å². The maximum Gasteiger partial charge on any atom is 0.124 e. The Morgan fingerprint density at radius 2 is 2.05 bits per heavy atom. The van der Waals surface area contributed by atoms with Gasteiger partial charge in [-0.15, -0.1) is 0 Å². The van der Waals surface area contributed by atoms with Gasteiger partial charge in [-0.2, -0.15) is 0 Å². The van der Waals surface area contributed by atoms with Crippen molar-refractivity contribution in [2.24, 2.45) is 5.73 Å². The molecule has 0 aliphatic heterocycles. The van der Waals surface area contributed by atoms with E-state index < -0.39 is 0 Å². The Morgan fingerprint density at radius 1 is 1.29 bits per heavy atom. The molecule has 0 saturated heterocycles. The Labute approximate surface area is 137 Å². The van der Waals surface area contributed by atoms with Crippen LogP contribution in [-0.2, 0) is 6.42 Å². The van der Waals surface area contributed by atoms with Crippen LogP contribution in [0.25, 0.3) is 0 Å². The number of rotatable bonds is 5. The monoisotopic (exact) mass is 371 g/mol. The summed E-state index contributed by atoms with van der Waals surface area (Å²) in [5.74, 6) is 0.390. The van der Waals surface area contributed by atoms with Crippen LogP contribution in [0.4, 0.5) is 4.39 Å². The van der Waals surface area contributed by atoms with E-state index >= 15 is 0 Å². The maximum atomic E-state index is 13.4. The standard InChI is InChI=1S/C16H16BrClFNO/c1-10(21-15-4-2-3-13(18)9-15)16(20)7-11-5-12(17)8-14(19)6-11/h2-6,8-10,16H,7,20H2,1H3. The van der Waals surface area contributed by atoms with E-state index in [0.717, 1.165) is 5.56 Å². The fourth-order valence-corrected chi connectivity index (χ4v) is 2.70. The zero-order chi connectivity index (χ0) is 15.4. The fourth-order valence-electron chi connectivity index (χ4n) is 2.01. The van der Waals surface area contributed by atoms with Crippen molar-refractivity contribution in [1.29, 1.82) is 0 Å². The largest absolute Gasteiger partial charge is 0.489 e. The van der Waals surface area contributed by atoms with Gasteiger partial charge in [0.25, 0.3) is 0 Å². The first-order valence-corrected chi connectivity index (χ1v) is 7.74. The van der Waals surface area contributed by atoms with Gasteiger partial charge in [-0.25, -0.2) is 4.39 Å². The van der Waals surface area contributed by atoms with Gasteiger partial charge >= 0.3 is 0 Å². The quantitative estimate of drug-likeness (QED) is 0.834. The number of hydrogen-bond donors (Lipinski definition) is 1. The molecular formula is C16H16BrClFNO. The fraction of sp³-hybridized carbons (Fsp3) is 0.250. The molecule has 2 unspecified atom stereocenters. The molecule has 5 heteroatoms. The molecular weight excluding hydrogens is 357 g/mol. The van der Waals surface area contributed by atoms with Crippen molar-refractivity contribution in [1.82, 2.24) is 0 Å². The van der Waals surface area contributed by atoms with Crippen molar-refractivity contribution in [3.63, 3.8) is 0 Å². The highest BCUT2D eigenvalue weighted by atomic mass is 79.9. The summed E-state index contributed by atoms with van der Waals surface area (Å²) in [7, 11) is 0. The second kappa shape index (κ2) is 7.25. The van der Waals surface area contributed by atoms with Crippen LogP contribution in [-0.4, -0.2) is 12.1 Å². The van der Waals surface area contributed by atoms with Gasteiger partial charge in [0.2, 0.25) is 0 Å². The normalized spacial score (nSPS) is 13.8. The molecule has 112 valence electrons. The predicted molar refractivity (Wildman–Crippen MR) is 87.3 cm³/mol. The van der Waals surface area contributed by atoms with E-state index in [1.807, 2.05) is 25.1 Å². The van der Waals surface area contributed by atoms with E-state index in [4.69, 9.17) is 22.1 Å². The Balaban J connectivity index is 2.00. The minimum atomic E-state index is -0.282. The highest BCUT2D eigenvalue weighted by molar-refractivity contribution is 9.10. The molecule has 0 spiro atoms. The molecule has 2 N–H and O–H groups in total. The van der Waals surface area contributed by atoms with E-state index in [-0.39, 0.29) is 18.0 Å². The van der Waals surface area contributed by atoms with Crippen molar-refractivity contribution in [3.8, 4) is 5.75 Å². The lowest BCUT2D eigenvalue weighted by atomic mass is 10.0. The van der Waals surface area contributed by atoms with Gasteiger partial charge in [0.1, 0.15) is 17.7 Å². The van der Waals surface area contributed by atoms with Crippen molar-refractivity contribution in [2.45, 2.75) is 25.5 Å². The third kappa shape index (κ3) is 4.99. The molecule has 0 heterocycles. The number of hydrogen-bond acceptors (Lipinski definition) is 2. The van der Waals surface area contributed by atoms with Crippen molar-refractivity contribution < 1.29 is 9.13 Å². The Hall–Kier alpha value is -1.10. The van der Waals surface area contributed by atoms with Crippen LogP contribution < -0.4 is 10.5 Å². The Bertz CT molecular complexity index is 603. The molecule has 0 aromatic heterocycles. The van der Waals surface area contributed by atoms with Gasteiger partial charge in [-0.1, -0.05) is 33.6 Å². The third-order valence-corrected chi connectivity index (χ3v) is 3.81. The SMILES string of the molecule is CC(Oc1cccc(Cl)c1)C(N)Cc1cc(F)cc(Br)c1. The third-order valence-electron chi connectivity index (χ3n) is 3.11. The topological polar surface area (TPSA) is 35.2 Å². The average Bonchev–Trinajstić information content (AvgIpc) is 2.37. The van der Waals surface area contributed by atoms with E-state index in [9.17, 15) is 4.39 Å². The molecule has 0 aliphatic carbocycles. The summed E-state index contributed by atoms with van der Waals surface area (Å²) >= 11 is 9.19. The Kier molecular flexibility index (Phi) is 5.62. The summed E-state index contributed by atoms with van der Waals surface area (Å²) in [4.78, 5) is 0. The summed E-state index contributed by atoms with van der Waals surface area (Å²) in [5, 5.41) is 0.613. The lowest BCUT2D eigenvalue weighted by Gasteiger charge is -2.22. The molecule has 0 saturated carbocycles. The molecule has 2 nitrogen and oxygen atoms in total. The van der Waals surface area contributed by atoms with E-state index in [0.29, 0.717) is 21.7 Å². The molecule has 2 rings (SSSR count). The molecule has 2 atom stereocenters. The lowest BCUT2D eigenvalue weighted by molar-refractivity contribution is 0.189. The molecule has 0 bridgehead atoms. The van der Waals surface area contributed by atoms with Gasteiger partial charge < -0.3 is 10.5 Å². The zero-order valence-corrected chi connectivity index (χ0v) is 13.9. The number of nitrogens with two attached hydrogens (primary N) is 1. The summed E-state index contributed by atoms with van der Waals surface area (Å²) in [6.07, 6.45) is 0.309. The van der Waals surface area contributed by atoms with E-state index in [2.05, 4.69) is 15.9 Å². The van der Waals surface area contributed by atoms with Crippen molar-refractivity contribution in [2.75, 3.05) is 0 Å². The second-order valence-electron chi connectivity index (χ2n) is 4.93. The first-order chi connectivity index (χ1) is 9.94. The lowest BCUT2D eigenvalue weighted by Crippen LogP contribution is -2.38. The molecule has 0 aliphatic rings. The predicted octanol–water partition coefficient (Wildman–Crippen LogP) is 4.58. The summed E-state index contributed by atoms with van der Waals surface area (Å²) in [6, 6.07) is 11.7. The van der Waals surface area contributed by atoms with Gasteiger partial charge in [-0.05, 0) is 55.3 Å². The van der Waals surface area contributed by atoms with Crippen LogP contribution in [0.2, 0.25) is 5.02 Å². The minimum absolute atomic E-state index is 0.217. The summed E-state index contributed by atoms with van der Waals surface area (Å²) in [5.41, 5.74) is 6.97. The van der Waals surface area contributed by atoms with Crippen LogP contribution in [0, 0.1) is 5.82 Å². The highest BCUT2D eigenvalue weighted by Crippen LogP contribution is 2.20. The zero-order valence-electron chi connectivity index (χ0n) is 11.5. The van der Waals surface area contributed by atoms with Crippen LogP contribution in [0.3, 0.4) is 0 Å². The Morgan fingerprint density at radius 3 is 2.71 bits per heavy atom. The van der Waals surface area contributed by atoms with Crippen LogP contribution >= 0.6 is 27.5 Å². The van der Waals surface area contributed by atoms with Crippen molar-refractivity contribution in [3.05, 3.63) is 63.3 Å². The van der Waals surface area contributed by atoms with E-state index in [1.54, 1.807) is 12.1 Å². The average molecular weight is 373 g/mol. The van der Waals surface area contributed by atoms with Crippen LogP contribution in [0.1, 0.15) is 12.5 Å². The highest BCUT2D eigenvalue weighted by Gasteiger charge is 2.16. The van der Waals surface area contributed by atoms with Gasteiger partial charge in [-0.3, -0.25) is 0 Å². The molecule has 21 heavy (non-hydrogen) atoms. The number of ether oxygens (including phenoxy) is 1. The first-order valence-electron chi connectivity index (χ1n) is 6.57. The minimum Gasteiger partial charge on any atom is -0.489 e. The summed E-state index contributed by atoms with van der Waals surface area (Å²) < 4.78 is 19.8. The van der Waals surface area contributed by atoms with Gasteiger partial charge in [0.15, 0.2) is 0 Å². The van der Waals surface area contributed by atoms with Gasteiger partial charge in [0.05, 0.1) is 0 Å². The molecule has 2 aromatic carbocycles. The molecule has 0 fully saturated rings. The van der Waals surface area contributed by atoms with Crippen LogP contribution in [0.15, 0.2) is 46.9 Å². The summed E-state index contributed by atoms with van der Waals surface area (Å²) in [6.45, 7) is 1.89. The van der Waals surface area contributed by atoms with Crippen molar-refractivity contribution >= 4 is 27.5 Å². The second-order valence-corrected chi connectivity index (χ2v) is 6.28. The smallest absolute Gasteiger partial charge is 0.124 e. The van der Waals surface area contributed by atoms with Crippen LogP contribution in [0.5, 0.6) is 5.75 Å².